The highest BCUT2D eigenvalue weighted by atomic mass is 16.4. The minimum atomic E-state index is -1.40. The summed E-state index contributed by atoms with van der Waals surface area (Å²) in [7, 11) is 0. The highest BCUT2D eigenvalue weighted by molar-refractivity contribution is 6.33. The van der Waals surface area contributed by atoms with Gasteiger partial charge in [-0.3, -0.25) is 15.0 Å². The van der Waals surface area contributed by atoms with E-state index in [2.05, 4.69) is 0 Å². The summed E-state index contributed by atoms with van der Waals surface area (Å²) in [5.41, 5.74) is 6.46. The number of nitrogens with two attached hydrogens (primary N) is 1. The van der Waals surface area contributed by atoms with Crippen molar-refractivity contribution in [2.24, 2.45) is 11.7 Å². The maximum Gasteiger partial charge on any atom is 0.372 e. The van der Waals surface area contributed by atoms with E-state index in [1.54, 1.807) is 29.2 Å². The molecule has 0 aliphatic carbocycles. The number of carboxylic acid groups (broad SMARTS) is 1. The number of hydrogen-bond acceptors (Lipinski definition) is 4. The SMILES string of the molecule is CCCC1CC(C(=O)C(=O)O)CCN1C(=O)c1ccc(C(=N)N)cc1. The number of rotatable bonds is 6. The monoisotopic (exact) mass is 345 g/mol. The van der Waals surface area contributed by atoms with Gasteiger partial charge in [-0.05, 0) is 31.4 Å². The molecule has 7 nitrogen and oxygen atoms in total. The Morgan fingerprint density at radius 1 is 1.24 bits per heavy atom. The van der Waals surface area contributed by atoms with Gasteiger partial charge in [0.05, 0.1) is 0 Å². The molecule has 0 saturated carbocycles. The highest BCUT2D eigenvalue weighted by Crippen LogP contribution is 2.28. The fourth-order valence-electron chi connectivity index (χ4n) is 3.30. The number of ketones is 1. The number of amidine groups is 1. The lowest BCUT2D eigenvalue weighted by molar-refractivity contribution is -0.152. The van der Waals surface area contributed by atoms with Gasteiger partial charge in [-0.1, -0.05) is 25.5 Å². The lowest BCUT2D eigenvalue weighted by atomic mass is 9.85. The largest absolute Gasteiger partial charge is 0.475 e. The van der Waals surface area contributed by atoms with Gasteiger partial charge in [0.25, 0.3) is 5.91 Å². The highest BCUT2D eigenvalue weighted by Gasteiger charge is 2.36. The van der Waals surface area contributed by atoms with Gasteiger partial charge in [0.1, 0.15) is 5.84 Å². The van der Waals surface area contributed by atoms with Gasteiger partial charge in [0.15, 0.2) is 0 Å². The summed E-state index contributed by atoms with van der Waals surface area (Å²) in [5, 5.41) is 16.3. The topological polar surface area (TPSA) is 125 Å². The van der Waals surface area contributed by atoms with Crippen LogP contribution in [-0.2, 0) is 9.59 Å². The van der Waals surface area contributed by atoms with Crippen LogP contribution in [0.15, 0.2) is 24.3 Å². The predicted octanol–water partition coefficient (Wildman–Crippen LogP) is 1.65. The molecule has 1 heterocycles. The third-order valence-electron chi connectivity index (χ3n) is 4.62. The molecule has 7 heteroatoms. The zero-order valence-electron chi connectivity index (χ0n) is 14.2. The molecule has 1 aromatic carbocycles. The summed E-state index contributed by atoms with van der Waals surface area (Å²) in [6.07, 6.45) is 2.31. The Kier molecular flexibility index (Phi) is 5.90. The maximum absolute atomic E-state index is 12.8. The van der Waals surface area contributed by atoms with E-state index in [1.807, 2.05) is 6.92 Å². The number of carbonyl (C=O) groups is 3. The van der Waals surface area contributed by atoms with Gasteiger partial charge >= 0.3 is 5.97 Å². The average molecular weight is 345 g/mol. The van der Waals surface area contributed by atoms with Crippen LogP contribution in [0.5, 0.6) is 0 Å². The zero-order valence-corrected chi connectivity index (χ0v) is 14.2. The Morgan fingerprint density at radius 2 is 1.84 bits per heavy atom. The Morgan fingerprint density at radius 3 is 2.36 bits per heavy atom. The van der Waals surface area contributed by atoms with Crippen molar-refractivity contribution in [1.82, 2.24) is 4.90 Å². The first kappa shape index (κ1) is 18.6. The van der Waals surface area contributed by atoms with E-state index < -0.39 is 17.7 Å². The van der Waals surface area contributed by atoms with E-state index in [0.717, 1.165) is 12.8 Å². The van der Waals surface area contributed by atoms with Crippen LogP contribution in [0.3, 0.4) is 0 Å². The summed E-state index contributed by atoms with van der Waals surface area (Å²) in [4.78, 5) is 37.2. The minimum absolute atomic E-state index is 0.0594. The fraction of sp³-hybridized carbons (Fsp3) is 0.444. The summed E-state index contributed by atoms with van der Waals surface area (Å²) in [6.45, 7) is 2.36. The van der Waals surface area contributed by atoms with Crippen molar-refractivity contribution in [3.8, 4) is 0 Å². The number of nitrogens with zero attached hydrogens (tertiary/aromatic N) is 1. The van der Waals surface area contributed by atoms with Gasteiger partial charge in [-0.25, -0.2) is 4.79 Å². The second-order valence-corrected chi connectivity index (χ2v) is 6.32. The van der Waals surface area contributed by atoms with Crippen molar-refractivity contribution in [3.63, 3.8) is 0 Å². The number of carbonyl (C=O) groups excluding carboxylic acids is 2. The van der Waals surface area contributed by atoms with E-state index in [1.165, 1.54) is 0 Å². The molecule has 0 bridgehead atoms. The molecular formula is C18H23N3O4. The third-order valence-corrected chi connectivity index (χ3v) is 4.62. The Balaban J connectivity index is 2.16. The Hall–Kier alpha value is -2.70. The minimum Gasteiger partial charge on any atom is -0.475 e. The number of piperidine rings is 1. The Bertz CT molecular complexity index is 684. The molecule has 25 heavy (non-hydrogen) atoms. The molecule has 1 amide bonds. The molecule has 0 spiro atoms. The van der Waals surface area contributed by atoms with Crippen LogP contribution in [0, 0.1) is 11.3 Å². The summed E-state index contributed by atoms with van der Waals surface area (Å²) in [6, 6.07) is 6.38. The van der Waals surface area contributed by atoms with Gasteiger partial charge in [-0.2, -0.15) is 0 Å². The second-order valence-electron chi connectivity index (χ2n) is 6.32. The molecule has 0 radical (unpaired) electrons. The smallest absolute Gasteiger partial charge is 0.372 e. The first-order chi connectivity index (χ1) is 11.8. The number of amides is 1. The number of nitrogens with one attached hydrogen (secondary N) is 1. The molecule has 4 N–H and O–H groups in total. The number of hydrogen-bond donors (Lipinski definition) is 3. The van der Waals surface area contributed by atoms with Crippen molar-refractivity contribution < 1.29 is 19.5 Å². The summed E-state index contributed by atoms with van der Waals surface area (Å²) >= 11 is 0. The molecule has 2 unspecified atom stereocenters. The lowest BCUT2D eigenvalue weighted by Crippen LogP contribution is -2.48. The number of aliphatic carboxylic acids is 1. The fourth-order valence-corrected chi connectivity index (χ4v) is 3.30. The third kappa shape index (κ3) is 4.23. The van der Waals surface area contributed by atoms with Crippen molar-refractivity contribution >= 4 is 23.5 Å². The Labute approximate surface area is 146 Å². The van der Waals surface area contributed by atoms with Crippen LogP contribution in [0.4, 0.5) is 0 Å². The first-order valence-electron chi connectivity index (χ1n) is 8.37. The van der Waals surface area contributed by atoms with Crippen molar-refractivity contribution in [2.75, 3.05) is 6.54 Å². The molecule has 1 aromatic rings. The normalized spacial score (nSPS) is 20.1. The number of Topliss-reactive ketones (excluding diaryl/α,β-unsaturated/α-hetero) is 1. The van der Waals surface area contributed by atoms with Gasteiger partial charge in [0.2, 0.25) is 5.78 Å². The predicted molar refractivity (Wildman–Crippen MR) is 92.6 cm³/mol. The molecule has 0 aromatic heterocycles. The van der Waals surface area contributed by atoms with E-state index >= 15 is 0 Å². The van der Waals surface area contributed by atoms with Gasteiger partial charge in [0, 0.05) is 29.6 Å². The number of benzene rings is 1. The maximum atomic E-state index is 12.8. The summed E-state index contributed by atoms with van der Waals surface area (Å²) in [5.74, 6) is -2.90. The molecule has 134 valence electrons. The van der Waals surface area contributed by atoms with E-state index in [9.17, 15) is 14.4 Å². The van der Waals surface area contributed by atoms with Gasteiger partial charge < -0.3 is 15.7 Å². The lowest BCUT2D eigenvalue weighted by Gasteiger charge is -2.38. The van der Waals surface area contributed by atoms with Crippen LogP contribution in [0.1, 0.15) is 48.5 Å². The van der Waals surface area contributed by atoms with Crippen molar-refractivity contribution in [2.45, 2.75) is 38.6 Å². The second kappa shape index (κ2) is 7.92. The molecule has 1 aliphatic heterocycles. The van der Waals surface area contributed by atoms with E-state index in [4.69, 9.17) is 16.2 Å². The number of likely N-dealkylation sites (tertiary alicyclic amines) is 1. The number of carboxylic acids is 1. The van der Waals surface area contributed by atoms with Crippen LogP contribution in [-0.4, -0.2) is 46.1 Å². The quantitative estimate of drug-likeness (QED) is 0.411. The molecule has 1 saturated heterocycles. The average Bonchev–Trinajstić information content (AvgIpc) is 2.60. The zero-order chi connectivity index (χ0) is 18.6. The first-order valence-corrected chi connectivity index (χ1v) is 8.37. The summed E-state index contributed by atoms with van der Waals surface area (Å²) < 4.78 is 0. The standard InChI is InChI=1S/C18H23N3O4/c1-2-3-14-10-13(15(22)18(24)25)8-9-21(14)17(23)12-6-4-11(5-7-12)16(19)20/h4-7,13-14H,2-3,8-10H2,1H3,(H3,19,20)(H,24,25). The molecule has 2 atom stereocenters. The van der Waals surface area contributed by atoms with Crippen LogP contribution in [0.2, 0.25) is 0 Å². The van der Waals surface area contributed by atoms with Gasteiger partial charge in [-0.15, -0.1) is 0 Å². The molecule has 2 rings (SSSR count). The van der Waals surface area contributed by atoms with Crippen LogP contribution in [0.25, 0.3) is 0 Å². The molecular weight excluding hydrogens is 322 g/mol. The molecule has 1 aliphatic rings. The van der Waals surface area contributed by atoms with E-state index in [-0.39, 0.29) is 17.8 Å². The molecule has 1 fully saturated rings. The van der Waals surface area contributed by atoms with Crippen molar-refractivity contribution in [3.05, 3.63) is 35.4 Å². The van der Waals surface area contributed by atoms with E-state index in [0.29, 0.717) is 30.5 Å². The van der Waals surface area contributed by atoms with Crippen molar-refractivity contribution in [1.29, 1.82) is 5.41 Å². The number of nitrogen functional groups attached to an aromatic ring is 1. The van der Waals surface area contributed by atoms with Crippen LogP contribution >= 0.6 is 0 Å². The van der Waals surface area contributed by atoms with Crippen LogP contribution < -0.4 is 5.73 Å².